The van der Waals surface area contributed by atoms with E-state index >= 15 is 0 Å². The van der Waals surface area contributed by atoms with Crippen molar-refractivity contribution in [1.29, 1.82) is 0 Å². The molecule has 0 bridgehead atoms. The van der Waals surface area contributed by atoms with E-state index in [1.165, 1.54) is 0 Å². The molecule has 0 N–H and O–H groups in total. The Balaban J connectivity index is 1.35. The molecule has 0 unspecified atom stereocenters. The minimum Gasteiger partial charge on any atom is -0.0189 e. The van der Waals surface area contributed by atoms with Crippen molar-refractivity contribution in [2.24, 2.45) is 0 Å². The highest BCUT2D eigenvalue weighted by Gasteiger charge is 2.55. The zero-order valence-corrected chi connectivity index (χ0v) is 30.1. The minimum absolute atomic E-state index is 0.343. The molecule has 0 atom stereocenters. The Labute approximate surface area is 322 Å². The Bertz CT molecular complexity index is 6350. The molecule has 29 aromatic rings. The Morgan fingerprint density at radius 2 is 0.250 bits per heavy atom. The van der Waals surface area contributed by atoms with Crippen molar-refractivity contribution in [2.75, 3.05) is 0 Å². The molecule has 0 saturated carbocycles. The molecule has 29 aromatic carbocycles. The fourth-order valence-corrected chi connectivity index (χ4v) is 22.8. The summed E-state index contributed by atoms with van der Waals surface area (Å²) in [4.78, 5) is 0. The van der Waals surface area contributed by atoms with Crippen molar-refractivity contribution >= 4 is 302 Å². The molecular weight excluding hydrogens is 721 g/mol. The van der Waals surface area contributed by atoms with Gasteiger partial charge in [-0.1, -0.05) is 0 Å². The van der Waals surface area contributed by atoms with Crippen LogP contribution in [0.25, 0.3) is 302 Å². The maximum absolute atomic E-state index is 1.75. The second-order valence-corrected chi connectivity index (χ2v) is 22.7. The molecule has 0 amide bonds. The van der Waals surface area contributed by atoms with Gasteiger partial charge in [0.05, 0.1) is 53.9 Å². The van der Waals surface area contributed by atoms with E-state index in [2.05, 4.69) is 0 Å². The molecule has 32 rings (SSSR count). The van der Waals surface area contributed by atoms with E-state index in [1.807, 2.05) is 0 Å². The molecule has 240 valence electrons. The molecular formula is C60H+. The Morgan fingerprint density at radius 1 is 0.133 bits per heavy atom. The van der Waals surface area contributed by atoms with E-state index in [1.54, 1.807) is 318 Å². The quantitative estimate of drug-likeness (QED) is 0.108. The number of rotatable bonds is 0. The highest BCUT2D eigenvalue weighted by atomic mass is 14.5. The Hall–Kier alpha value is -7.67. The lowest BCUT2D eigenvalue weighted by Gasteiger charge is -2.25. The third-order valence-electron chi connectivity index (χ3n) is 22.7. The van der Waals surface area contributed by atoms with Crippen LogP contribution >= 0.6 is 0 Å². The van der Waals surface area contributed by atoms with Gasteiger partial charge in [0.15, 0.2) is 0 Å². The van der Waals surface area contributed by atoms with E-state index in [0.717, 1.165) is 0 Å². The van der Waals surface area contributed by atoms with Gasteiger partial charge in [-0.05, 0) is 92.1 Å². The van der Waals surface area contributed by atoms with E-state index in [-0.39, 0.29) is 0 Å². The zero-order chi connectivity index (χ0) is 34.6. The van der Waals surface area contributed by atoms with Crippen LogP contribution in [0.2, 0.25) is 0 Å². The lowest BCUT2D eigenvalue weighted by atomic mass is 9.76. The van der Waals surface area contributed by atoms with Gasteiger partial charge in [-0.15, -0.1) is 0 Å². The minimum atomic E-state index is 0.343. The third-order valence-corrected chi connectivity index (χ3v) is 22.7. The summed E-state index contributed by atoms with van der Waals surface area (Å²) in [5.41, 5.74) is 5.25. The molecule has 3 aliphatic carbocycles. The van der Waals surface area contributed by atoms with Crippen LogP contribution in [0.15, 0.2) is 0 Å². The van der Waals surface area contributed by atoms with Gasteiger partial charge in [0, 0.05) is 178 Å². The standard InChI is InChI=1S/C60H/c1-2-5-6-3(1)8-12-10-4(1)9-11-7(2)17-21-13(5)23-24-14(6)22-18(8)28-20(12)30-26-16(10)15(9)25-29-19(11)27(17)37-41-31(21)33(23)43-44-34(24)32(22)42-38(28)48-40(30)46-36(26)35(25)45-39(29)47(37)55-49(41)51(43)57-52(44)50(42)56(48)59-54(46)53(45)58(55)60(57)59/h1H/q+1. The van der Waals surface area contributed by atoms with Gasteiger partial charge >= 0.3 is 0 Å². The molecule has 0 radical (unpaired) electrons. The first-order chi connectivity index (χ1) is 30.0. The van der Waals surface area contributed by atoms with Crippen LogP contribution < -0.4 is 0 Å². The van der Waals surface area contributed by atoms with Gasteiger partial charge in [0.1, 0.15) is 0 Å². The third kappa shape index (κ3) is 0.987. The second kappa shape index (κ2) is 4.38. The van der Waals surface area contributed by atoms with Gasteiger partial charge in [-0.3, -0.25) is 0 Å². The summed E-state index contributed by atoms with van der Waals surface area (Å²) in [5.74, 6) is 0.343. The van der Waals surface area contributed by atoms with Gasteiger partial charge in [0.25, 0.3) is 0 Å². The molecule has 60 heavy (non-hydrogen) atoms. The van der Waals surface area contributed by atoms with Crippen LogP contribution in [0.5, 0.6) is 0 Å². The Morgan fingerprint density at radius 3 is 0.467 bits per heavy atom. The van der Waals surface area contributed by atoms with Crippen molar-refractivity contribution in [3.63, 3.8) is 0 Å². The van der Waals surface area contributed by atoms with Crippen LogP contribution in [0.1, 0.15) is 22.6 Å². The van der Waals surface area contributed by atoms with Gasteiger partial charge in [-0.25, -0.2) is 0 Å². The van der Waals surface area contributed by atoms with Crippen LogP contribution in [0, 0.1) is 0 Å². The monoisotopic (exact) mass is 721 g/mol. The fourth-order valence-electron chi connectivity index (χ4n) is 22.8. The van der Waals surface area contributed by atoms with E-state index in [4.69, 9.17) is 0 Å². The average Bonchev–Trinajstić information content (AvgIpc) is 4.09. The first-order valence-electron chi connectivity index (χ1n) is 22.6. The van der Waals surface area contributed by atoms with Crippen molar-refractivity contribution in [3.05, 3.63) is 16.7 Å². The fraction of sp³-hybridized carbons (Fsp3) is 0.0167. The van der Waals surface area contributed by atoms with Crippen molar-refractivity contribution in [3.8, 4) is 0 Å². The summed E-state index contributed by atoms with van der Waals surface area (Å²) in [7, 11) is 0. The topological polar surface area (TPSA) is 0 Å². The van der Waals surface area contributed by atoms with Gasteiger partial charge < -0.3 is 0 Å². The summed E-state index contributed by atoms with van der Waals surface area (Å²) in [5, 5.41) is 94.1. The molecule has 0 heterocycles. The lowest BCUT2D eigenvalue weighted by Crippen LogP contribution is -2.06. The lowest BCUT2D eigenvalue weighted by molar-refractivity contribution is 1.07. The van der Waals surface area contributed by atoms with Crippen LogP contribution in [-0.4, -0.2) is 0 Å². The normalized spacial score (nSPS) is 19.5. The summed E-state index contributed by atoms with van der Waals surface area (Å²) in [6.45, 7) is 0. The highest BCUT2D eigenvalue weighted by Crippen LogP contribution is 2.81. The molecule has 0 nitrogen and oxygen atoms in total. The molecule has 0 aliphatic heterocycles. The molecule has 0 aromatic heterocycles. The maximum atomic E-state index is 1.75. The molecule has 0 saturated heterocycles. The van der Waals surface area contributed by atoms with E-state index in [9.17, 15) is 0 Å². The number of benzene rings is 18. The van der Waals surface area contributed by atoms with E-state index < -0.39 is 0 Å². The second-order valence-electron chi connectivity index (χ2n) is 22.7. The smallest absolute Gasteiger partial charge is 0.0189 e. The first kappa shape index (κ1) is 20.3. The molecule has 0 fully saturated rings. The summed E-state index contributed by atoms with van der Waals surface area (Å²) >= 11 is 0. The van der Waals surface area contributed by atoms with Crippen LogP contribution in [0.3, 0.4) is 0 Å². The summed E-state index contributed by atoms with van der Waals surface area (Å²) < 4.78 is 0. The van der Waals surface area contributed by atoms with Crippen LogP contribution in [-0.2, 0) is 0 Å². The van der Waals surface area contributed by atoms with Crippen molar-refractivity contribution < 1.29 is 0 Å². The molecule has 0 spiro atoms. The average molecular weight is 722 g/mol. The van der Waals surface area contributed by atoms with Gasteiger partial charge in [0.2, 0.25) is 0 Å². The molecule has 0 heteroatoms. The van der Waals surface area contributed by atoms with Crippen molar-refractivity contribution in [1.82, 2.24) is 0 Å². The number of hydrogen-bond acceptors (Lipinski definition) is 0. The first-order valence-corrected chi connectivity index (χ1v) is 22.6. The largest absolute Gasteiger partial charge is 0.0773 e. The molecule has 3 aliphatic rings. The predicted octanol–water partition coefficient (Wildman–Crippen LogP) is 17.2. The van der Waals surface area contributed by atoms with Gasteiger partial charge in [-0.2, -0.15) is 0 Å². The Kier molecular flexibility index (Phi) is 1.48. The predicted molar refractivity (Wildman–Crippen MR) is 258 cm³/mol. The van der Waals surface area contributed by atoms with E-state index in [0.29, 0.717) is 5.92 Å². The number of hydrogen-bond donors (Lipinski definition) is 0. The van der Waals surface area contributed by atoms with Crippen LogP contribution in [0.4, 0.5) is 0 Å². The SMILES string of the molecule is c12c3c4c5c6c7c8c(c9c%10c1c1c%11c3c3c%12c4c4c6c6c7c7c%13c8c9c8c9c%10c1c1c%10c%11c3c3c%11c%12c4c4c6c6c7c7c%13c8c8c9c1c1c%10c3c3c%11c4c6[c+]4c7c8c1c34)C25. The summed E-state index contributed by atoms with van der Waals surface area (Å²) in [6.07, 6.45) is 0. The summed E-state index contributed by atoms with van der Waals surface area (Å²) in [6, 6.07) is 0. The maximum Gasteiger partial charge on any atom is 0.0773 e. The van der Waals surface area contributed by atoms with Crippen molar-refractivity contribution in [2.45, 2.75) is 5.92 Å². The zero-order valence-electron chi connectivity index (χ0n) is 30.1. The highest BCUT2D eigenvalue weighted by molar-refractivity contribution is 6.83.